The Kier molecular flexibility index (Phi) is 2.25. The molecule has 0 spiro atoms. The third-order valence-electron chi connectivity index (χ3n) is 3.00. The van der Waals surface area contributed by atoms with Crippen LogP contribution in [-0.4, -0.2) is 40.7 Å². The first-order valence-electron chi connectivity index (χ1n) is 5.59. The van der Waals surface area contributed by atoms with Gasteiger partial charge in [-0.05, 0) is 12.1 Å². The monoisotopic (exact) mass is 217 g/mol. The first-order chi connectivity index (χ1) is 7.86. The number of pyridine rings is 1. The summed E-state index contributed by atoms with van der Waals surface area (Å²) in [5.74, 6) is 1.02. The van der Waals surface area contributed by atoms with Gasteiger partial charge in [0.2, 0.25) is 5.95 Å². The maximum absolute atomic E-state index is 4.63. The van der Waals surface area contributed by atoms with E-state index in [-0.39, 0.29) is 0 Å². The second-order valence-corrected chi connectivity index (χ2v) is 4.05. The van der Waals surface area contributed by atoms with Crippen LogP contribution in [0.1, 0.15) is 0 Å². The van der Waals surface area contributed by atoms with Crippen LogP contribution in [-0.2, 0) is 7.05 Å². The van der Waals surface area contributed by atoms with Crippen LogP contribution in [0.15, 0.2) is 18.3 Å². The fraction of sp³-hybridized carbons (Fsp3) is 0.455. The molecule has 1 saturated heterocycles. The van der Waals surface area contributed by atoms with E-state index in [1.807, 2.05) is 25.4 Å². The molecule has 2 aromatic heterocycles. The van der Waals surface area contributed by atoms with Crippen LogP contribution in [0.2, 0.25) is 0 Å². The van der Waals surface area contributed by atoms with Crippen LogP contribution in [0.5, 0.6) is 0 Å². The highest BCUT2D eigenvalue weighted by Gasteiger charge is 2.17. The second kappa shape index (κ2) is 3.75. The van der Waals surface area contributed by atoms with Crippen molar-refractivity contribution in [2.75, 3.05) is 31.1 Å². The number of rotatable bonds is 1. The van der Waals surface area contributed by atoms with E-state index >= 15 is 0 Å². The molecule has 0 bridgehead atoms. The molecule has 0 atom stereocenters. The number of piperazine rings is 1. The van der Waals surface area contributed by atoms with Gasteiger partial charge in [0.1, 0.15) is 5.52 Å². The molecule has 0 amide bonds. The summed E-state index contributed by atoms with van der Waals surface area (Å²) in [6, 6.07) is 3.94. The number of hydrogen-bond donors (Lipinski definition) is 1. The zero-order valence-corrected chi connectivity index (χ0v) is 9.35. The summed E-state index contributed by atoms with van der Waals surface area (Å²) in [4.78, 5) is 11.3. The van der Waals surface area contributed by atoms with E-state index in [0.717, 1.165) is 43.3 Å². The van der Waals surface area contributed by atoms with Crippen molar-refractivity contribution in [3.8, 4) is 0 Å². The fourth-order valence-corrected chi connectivity index (χ4v) is 2.16. The van der Waals surface area contributed by atoms with Gasteiger partial charge in [-0.25, -0.2) is 9.97 Å². The van der Waals surface area contributed by atoms with Crippen molar-refractivity contribution < 1.29 is 0 Å². The SMILES string of the molecule is Cn1c(N2CCNCC2)nc2cccnc21. The third-order valence-corrected chi connectivity index (χ3v) is 3.00. The standard InChI is InChI=1S/C11H15N5/c1-15-10-9(3-2-4-13-10)14-11(15)16-7-5-12-6-8-16/h2-4,12H,5-8H2,1H3. The minimum Gasteiger partial charge on any atom is -0.340 e. The normalized spacial score (nSPS) is 16.9. The topological polar surface area (TPSA) is 46.0 Å². The molecule has 5 nitrogen and oxygen atoms in total. The van der Waals surface area contributed by atoms with Crippen LogP contribution in [0.4, 0.5) is 5.95 Å². The summed E-state index contributed by atoms with van der Waals surface area (Å²) >= 11 is 0. The van der Waals surface area contributed by atoms with Crippen molar-refractivity contribution >= 4 is 17.1 Å². The largest absolute Gasteiger partial charge is 0.340 e. The maximum Gasteiger partial charge on any atom is 0.207 e. The predicted octanol–water partition coefficient (Wildman–Crippen LogP) is 0.378. The molecule has 1 fully saturated rings. The molecule has 0 unspecified atom stereocenters. The van der Waals surface area contributed by atoms with Crippen LogP contribution in [0, 0.1) is 0 Å². The van der Waals surface area contributed by atoms with Gasteiger partial charge in [0.25, 0.3) is 0 Å². The fourth-order valence-electron chi connectivity index (χ4n) is 2.16. The van der Waals surface area contributed by atoms with Crippen molar-refractivity contribution in [3.05, 3.63) is 18.3 Å². The van der Waals surface area contributed by atoms with Gasteiger partial charge in [0, 0.05) is 39.4 Å². The Balaban J connectivity index is 2.05. The van der Waals surface area contributed by atoms with Crippen LogP contribution in [0.25, 0.3) is 11.2 Å². The lowest BCUT2D eigenvalue weighted by Gasteiger charge is -2.28. The second-order valence-electron chi connectivity index (χ2n) is 4.05. The van der Waals surface area contributed by atoms with Gasteiger partial charge in [-0.3, -0.25) is 4.57 Å². The van der Waals surface area contributed by atoms with Crippen LogP contribution >= 0.6 is 0 Å². The number of anilines is 1. The predicted molar refractivity (Wildman–Crippen MR) is 63.6 cm³/mol. The van der Waals surface area contributed by atoms with Crippen LogP contribution < -0.4 is 10.2 Å². The highest BCUT2D eigenvalue weighted by Crippen LogP contribution is 2.19. The van der Waals surface area contributed by atoms with Crippen molar-refractivity contribution in [2.45, 2.75) is 0 Å². The molecule has 16 heavy (non-hydrogen) atoms. The van der Waals surface area contributed by atoms with E-state index in [1.54, 1.807) is 0 Å². The summed E-state index contributed by atoms with van der Waals surface area (Å²) in [7, 11) is 2.03. The van der Waals surface area contributed by atoms with Gasteiger partial charge < -0.3 is 10.2 Å². The molecule has 84 valence electrons. The Morgan fingerprint density at radius 1 is 1.31 bits per heavy atom. The smallest absolute Gasteiger partial charge is 0.207 e. The van der Waals surface area contributed by atoms with Crippen molar-refractivity contribution in [3.63, 3.8) is 0 Å². The third kappa shape index (κ3) is 1.44. The number of nitrogens with zero attached hydrogens (tertiary/aromatic N) is 4. The molecule has 0 saturated carbocycles. The zero-order valence-electron chi connectivity index (χ0n) is 9.35. The minimum absolute atomic E-state index is 0.955. The number of nitrogens with one attached hydrogen (secondary N) is 1. The number of aromatic nitrogens is 3. The molecule has 0 aliphatic carbocycles. The lowest BCUT2D eigenvalue weighted by Crippen LogP contribution is -2.44. The van der Waals surface area contributed by atoms with Crippen molar-refractivity contribution in [2.24, 2.45) is 7.05 Å². The van der Waals surface area contributed by atoms with E-state index in [2.05, 4.69) is 24.8 Å². The Labute approximate surface area is 94.1 Å². The summed E-state index contributed by atoms with van der Waals surface area (Å²) in [5.41, 5.74) is 1.93. The average Bonchev–Trinajstić information content (AvgIpc) is 2.69. The summed E-state index contributed by atoms with van der Waals surface area (Å²) in [5, 5.41) is 3.34. The van der Waals surface area contributed by atoms with Crippen molar-refractivity contribution in [1.29, 1.82) is 0 Å². The van der Waals surface area contributed by atoms with E-state index in [9.17, 15) is 0 Å². The van der Waals surface area contributed by atoms with E-state index < -0.39 is 0 Å². The quantitative estimate of drug-likeness (QED) is 0.750. The molecule has 3 heterocycles. The maximum atomic E-state index is 4.63. The van der Waals surface area contributed by atoms with E-state index in [1.165, 1.54) is 0 Å². The lowest BCUT2D eigenvalue weighted by molar-refractivity contribution is 0.575. The number of hydrogen-bond acceptors (Lipinski definition) is 4. The lowest BCUT2D eigenvalue weighted by atomic mass is 10.4. The van der Waals surface area contributed by atoms with Gasteiger partial charge in [0.05, 0.1) is 0 Å². The molecule has 5 heteroatoms. The molecule has 0 aromatic carbocycles. The van der Waals surface area contributed by atoms with Gasteiger partial charge in [-0.2, -0.15) is 0 Å². The highest BCUT2D eigenvalue weighted by molar-refractivity contribution is 5.74. The summed E-state index contributed by atoms with van der Waals surface area (Å²) in [6.45, 7) is 4.07. The Hall–Kier alpha value is -1.62. The van der Waals surface area contributed by atoms with Gasteiger partial charge in [-0.1, -0.05) is 0 Å². The Bertz CT molecular complexity index is 498. The van der Waals surface area contributed by atoms with Crippen LogP contribution in [0.3, 0.4) is 0 Å². The summed E-state index contributed by atoms with van der Waals surface area (Å²) < 4.78 is 2.07. The van der Waals surface area contributed by atoms with Crippen molar-refractivity contribution in [1.82, 2.24) is 19.9 Å². The molecule has 0 radical (unpaired) electrons. The number of aryl methyl sites for hydroxylation is 1. The zero-order chi connectivity index (χ0) is 11.0. The Morgan fingerprint density at radius 2 is 2.12 bits per heavy atom. The average molecular weight is 217 g/mol. The highest BCUT2D eigenvalue weighted by atomic mass is 15.3. The molecule has 1 aliphatic rings. The Morgan fingerprint density at radius 3 is 2.88 bits per heavy atom. The molecular weight excluding hydrogens is 202 g/mol. The molecule has 2 aromatic rings. The first kappa shape index (κ1) is 9.59. The van der Waals surface area contributed by atoms with E-state index in [0.29, 0.717) is 0 Å². The van der Waals surface area contributed by atoms with E-state index in [4.69, 9.17) is 0 Å². The summed E-state index contributed by atoms with van der Waals surface area (Å²) in [6.07, 6.45) is 1.81. The number of imidazole rings is 1. The first-order valence-corrected chi connectivity index (χ1v) is 5.59. The molecule has 1 aliphatic heterocycles. The molecule has 3 rings (SSSR count). The number of fused-ring (bicyclic) bond motifs is 1. The van der Waals surface area contributed by atoms with Gasteiger partial charge in [-0.15, -0.1) is 0 Å². The van der Waals surface area contributed by atoms with Gasteiger partial charge >= 0.3 is 0 Å². The van der Waals surface area contributed by atoms with Gasteiger partial charge in [0.15, 0.2) is 5.65 Å². The minimum atomic E-state index is 0.955. The molecular formula is C11H15N5. The molecule has 1 N–H and O–H groups in total.